The number of carbonyl (C=O) groups is 2. The van der Waals surface area contributed by atoms with Gasteiger partial charge in [0, 0.05) is 24.1 Å². The topological polar surface area (TPSA) is 90.9 Å². The number of urea groups is 1. The molecule has 0 radical (unpaired) electrons. The molecule has 0 bridgehead atoms. The Hall–Kier alpha value is -1.99. The molecule has 7 nitrogen and oxygen atoms in total. The fraction of sp³-hybridized carbons (Fsp3) is 0.556. The van der Waals surface area contributed by atoms with Crippen LogP contribution in [-0.2, 0) is 4.79 Å². The Morgan fingerprint density at radius 3 is 2.81 bits per heavy atom. The quantitative estimate of drug-likeness (QED) is 0.703. The van der Waals surface area contributed by atoms with Gasteiger partial charge in [-0.3, -0.25) is 9.69 Å². The largest absolute Gasteiger partial charge is 0.492 e. The number of carboxylic acid groups (broad SMARTS) is 1. The van der Waals surface area contributed by atoms with Crippen molar-refractivity contribution in [1.82, 2.24) is 15.5 Å². The van der Waals surface area contributed by atoms with E-state index in [9.17, 15) is 9.59 Å². The summed E-state index contributed by atoms with van der Waals surface area (Å²) in [5.74, 6) is -0.181. The number of rotatable bonds is 6. The average molecular weight is 382 g/mol. The summed E-state index contributed by atoms with van der Waals surface area (Å²) in [6, 6.07) is 5.47. The molecular formula is C18H24ClN3O4. The maximum absolute atomic E-state index is 12.3. The van der Waals surface area contributed by atoms with Gasteiger partial charge in [-0.05, 0) is 25.5 Å². The molecule has 2 aliphatic rings. The van der Waals surface area contributed by atoms with Crippen LogP contribution >= 0.6 is 11.6 Å². The average Bonchev–Trinajstić information content (AvgIpc) is 2.57. The van der Waals surface area contributed by atoms with Crippen molar-refractivity contribution in [3.8, 4) is 5.75 Å². The van der Waals surface area contributed by atoms with E-state index in [1.165, 1.54) is 0 Å². The van der Waals surface area contributed by atoms with Gasteiger partial charge in [-0.2, -0.15) is 0 Å². The zero-order valence-corrected chi connectivity index (χ0v) is 15.5. The second kappa shape index (κ2) is 8.14. The second-order valence-corrected chi connectivity index (χ2v) is 7.15. The molecule has 1 aliphatic carbocycles. The van der Waals surface area contributed by atoms with E-state index in [4.69, 9.17) is 21.4 Å². The van der Waals surface area contributed by atoms with Gasteiger partial charge in [-0.25, -0.2) is 4.79 Å². The molecule has 2 amide bonds. The van der Waals surface area contributed by atoms with E-state index in [0.717, 1.165) is 18.4 Å². The molecule has 1 heterocycles. The first-order valence-corrected chi connectivity index (χ1v) is 9.29. The third kappa shape index (κ3) is 4.22. The summed E-state index contributed by atoms with van der Waals surface area (Å²) in [5.41, 5.74) is 0.893. The number of para-hydroxylation sites is 1. The predicted octanol–water partition coefficient (Wildman–Crippen LogP) is 2.40. The summed E-state index contributed by atoms with van der Waals surface area (Å²) in [6.07, 6.45) is 2.23. The predicted molar refractivity (Wildman–Crippen MR) is 97.7 cm³/mol. The SMILES string of the molecule is CCN(CC(=O)O)C1CC(NC(=O)NC2CCOc3c(Cl)cccc32)C1. The van der Waals surface area contributed by atoms with Crippen molar-refractivity contribution in [3.63, 3.8) is 0 Å². The molecule has 1 aromatic rings. The zero-order valence-electron chi connectivity index (χ0n) is 14.7. The molecule has 1 unspecified atom stereocenters. The van der Waals surface area contributed by atoms with E-state index in [-0.39, 0.29) is 30.7 Å². The van der Waals surface area contributed by atoms with Crippen LogP contribution in [0.2, 0.25) is 5.02 Å². The minimum absolute atomic E-state index is 0.0414. The summed E-state index contributed by atoms with van der Waals surface area (Å²) in [6.45, 7) is 3.19. The van der Waals surface area contributed by atoms with E-state index in [0.29, 0.717) is 30.3 Å². The van der Waals surface area contributed by atoms with Crippen LogP contribution in [0.5, 0.6) is 5.75 Å². The Balaban J connectivity index is 1.49. The van der Waals surface area contributed by atoms with Crippen LogP contribution in [0.25, 0.3) is 0 Å². The lowest BCUT2D eigenvalue weighted by atomic mass is 9.85. The number of aliphatic carboxylic acids is 1. The van der Waals surface area contributed by atoms with Gasteiger partial charge >= 0.3 is 12.0 Å². The van der Waals surface area contributed by atoms with Crippen LogP contribution in [-0.4, -0.2) is 53.8 Å². The van der Waals surface area contributed by atoms with E-state index < -0.39 is 5.97 Å². The van der Waals surface area contributed by atoms with Crippen molar-refractivity contribution in [2.45, 2.75) is 44.3 Å². The minimum Gasteiger partial charge on any atom is -0.492 e. The number of ether oxygens (including phenoxy) is 1. The van der Waals surface area contributed by atoms with Crippen molar-refractivity contribution in [2.24, 2.45) is 0 Å². The Morgan fingerprint density at radius 1 is 1.35 bits per heavy atom. The number of hydrogen-bond acceptors (Lipinski definition) is 4. The molecule has 3 rings (SSSR count). The van der Waals surface area contributed by atoms with Crippen molar-refractivity contribution in [1.29, 1.82) is 0 Å². The normalized spacial score (nSPS) is 24.2. The maximum atomic E-state index is 12.3. The lowest BCUT2D eigenvalue weighted by molar-refractivity contribution is -0.139. The molecule has 0 aromatic heterocycles. The summed E-state index contributed by atoms with van der Waals surface area (Å²) >= 11 is 6.16. The monoisotopic (exact) mass is 381 g/mol. The molecule has 26 heavy (non-hydrogen) atoms. The fourth-order valence-electron chi connectivity index (χ4n) is 3.60. The summed E-state index contributed by atoms with van der Waals surface area (Å²) < 4.78 is 5.61. The molecule has 1 aromatic carbocycles. The molecular weight excluding hydrogens is 358 g/mol. The first kappa shape index (κ1) is 18.8. The highest BCUT2D eigenvalue weighted by Crippen LogP contribution is 2.37. The van der Waals surface area contributed by atoms with Gasteiger partial charge in [0.15, 0.2) is 0 Å². The number of hydrogen-bond donors (Lipinski definition) is 3. The Labute approximate surface area is 157 Å². The van der Waals surface area contributed by atoms with Crippen molar-refractivity contribution in [3.05, 3.63) is 28.8 Å². The van der Waals surface area contributed by atoms with Gasteiger partial charge in [-0.15, -0.1) is 0 Å². The van der Waals surface area contributed by atoms with Crippen molar-refractivity contribution >= 4 is 23.6 Å². The van der Waals surface area contributed by atoms with Gasteiger partial charge in [-0.1, -0.05) is 30.7 Å². The van der Waals surface area contributed by atoms with Crippen LogP contribution in [0.1, 0.15) is 37.8 Å². The van der Waals surface area contributed by atoms with Gasteiger partial charge in [0.25, 0.3) is 0 Å². The Morgan fingerprint density at radius 2 is 2.12 bits per heavy atom. The number of fused-ring (bicyclic) bond motifs is 1. The van der Waals surface area contributed by atoms with Gasteiger partial charge in [0.2, 0.25) is 0 Å². The first-order chi connectivity index (χ1) is 12.5. The van der Waals surface area contributed by atoms with E-state index in [1.807, 2.05) is 24.0 Å². The molecule has 1 aliphatic heterocycles. The number of likely N-dealkylation sites (N-methyl/N-ethyl adjacent to an activating group) is 1. The zero-order chi connectivity index (χ0) is 18.7. The number of carboxylic acids is 1. The molecule has 0 spiro atoms. The molecule has 1 atom stereocenters. The van der Waals surface area contributed by atoms with Gasteiger partial charge in [0.05, 0.1) is 24.2 Å². The van der Waals surface area contributed by atoms with Crippen LogP contribution in [0, 0.1) is 0 Å². The number of halogens is 1. The number of benzene rings is 1. The third-order valence-electron chi connectivity index (χ3n) is 5.04. The number of nitrogens with zero attached hydrogens (tertiary/aromatic N) is 1. The molecule has 1 fully saturated rings. The molecule has 142 valence electrons. The Bertz CT molecular complexity index is 678. The smallest absolute Gasteiger partial charge is 0.317 e. The van der Waals surface area contributed by atoms with Gasteiger partial charge < -0.3 is 20.5 Å². The maximum Gasteiger partial charge on any atom is 0.317 e. The molecule has 8 heteroatoms. The summed E-state index contributed by atoms with van der Waals surface area (Å²) in [4.78, 5) is 25.1. The molecule has 0 saturated heterocycles. The first-order valence-electron chi connectivity index (χ1n) is 8.92. The van der Waals surface area contributed by atoms with Crippen molar-refractivity contribution in [2.75, 3.05) is 19.7 Å². The Kier molecular flexibility index (Phi) is 5.88. The van der Waals surface area contributed by atoms with Crippen molar-refractivity contribution < 1.29 is 19.4 Å². The van der Waals surface area contributed by atoms with Crippen LogP contribution in [0.15, 0.2) is 18.2 Å². The van der Waals surface area contributed by atoms with Crippen LogP contribution in [0.3, 0.4) is 0 Å². The molecule has 3 N–H and O–H groups in total. The van der Waals surface area contributed by atoms with Crippen LogP contribution < -0.4 is 15.4 Å². The highest BCUT2D eigenvalue weighted by molar-refractivity contribution is 6.32. The fourth-order valence-corrected chi connectivity index (χ4v) is 3.83. The second-order valence-electron chi connectivity index (χ2n) is 6.74. The highest BCUT2D eigenvalue weighted by atomic mass is 35.5. The van der Waals surface area contributed by atoms with E-state index in [2.05, 4.69) is 10.6 Å². The van der Waals surface area contributed by atoms with Crippen LogP contribution in [0.4, 0.5) is 4.79 Å². The van der Waals surface area contributed by atoms with Gasteiger partial charge in [0.1, 0.15) is 5.75 Å². The third-order valence-corrected chi connectivity index (χ3v) is 5.34. The number of nitrogens with one attached hydrogen (secondary N) is 2. The van der Waals surface area contributed by atoms with E-state index in [1.54, 1.807) is 6.07 Å². The highest BCUT2D eigenvalue weighted by Gasteiger charge is 2.35. The lowest BCUT2D eigenvalue weighted by Crippen LogP contribution is -2.56. The summed E-state index contributed by atoms with van der Waals surface area (Å²) in [5, 5.41) is 15.5. The summed E-state index contributed by atoms with van der Waals surface area (Å²) in [7, 11) is 0. The molecule has 1 saturated carbocycles. The lowest BCUT2D eigenvalue weighted by Gasteiger charge is -2.42. The minimum atomic E-state index is -0.821. The van der Waals surface area contributed by atoms with E-state index >= 15 is 0 Å². The number of amides is 2. The number of carbonyl (C=O) groups excluding carboxylic acids is 1. The standard InChI is InChI=1S/C18H24ClN3O4/c1-2-22(10-16(23)24)12-8-11(9-12)20-18(25)21-15-6-7-26-17-13(15)4-3-5-14(17)19/h3-5,11-12,15H,2,6-10H2,1H3,(H,23,24)(H2,20,21,25).